The first-order valence-corrected chi connectivity index (χ1v) is 10.4. The molecule has 6 N–H and O–H groups in total. The summed E-state index contributed by atoms with van der Waals surface area (Å²) in [5, 5.41) is 5.85. The molecule has 11 nitrogen and oxygen atoms in total. The van der Waals surface area contributed by atoms with Crippen molar-refractivity contribution in [3.63, 3.8) is 0 Å². The molecule has 0 saturated carbocycles. The number of hydrogen-bond acceptors (Lipinski definition) is 6. The molecule has 1 saturated heterocycles. The summed E-state index contributed by atoms with van der Waals surface area (Å²) in [5.41, 5.74) is 10.2. The lowest BCUT2D eigenvalue weighted by molar-refractivity contribution is -0.134. The van der Waals surface area contributed by atoms with Gasteiger partial charge < -0.3 is 26.5 Å². The normalized spacial score (nSPS) is 16.6. The molecule has 1 atom stereocenters. The summed E-state index contributed by atoms with van der Waals surface area (Å²) in [6.45, 7) is 0.310. The van der Waals surface area contributed by atoms with Gasteiger partial charge in [-0.2, -0.15) is 4.72 Å². The highest BCUT2D eigenvalue weighted by molar-refractivity contribution is 7.89. The zero-order valence-corrected chi connectivity index (χ0v) is 17.0. The third kappa shape index (κ3) is 6.38. The van der Waals surface area contributed by atoms with Gasteiger partial charge in [0, 0.05) is 6.54 Å². The van der Waals surface area contributed by atoms with E-state index in [0.717, 1.165) is 4.43 Å². The summed E-state index contributed by atoms with van der Waals surface area (Å²) in [4.78, 5) is 30.4. The summed E-state index contributed by atoms with van der Waals surface area (Å²) in [7, 11) is -3.83. The molecule has 0 aliphatic carbocycles. The van der Waals surface area contributed by atoms with Gasteiger partial charge >= 0.3 is 0 Å². The molecule has 0 spiro atoms. The number of likely N-dealkylation sites (tertiary alicyclic amines) is 1. The van der Waals surface area contributed by atoms with Gasteiger partial charge in [0.25, 0.3) is 0 Å². The molecule has 0 unspecified atom stereocenters. The fraction of sp³-hybridized carbons (Fsp3) is 0.400. The second-order valence-corrected chi connectivity index (χ2v) is 8.37. The molecular weight excluding hydrogens is 403 g/mol. The zero-order valence-electron chi connectivity index (χ0n) is 15.0. The number of oxime groups is 1. The zero-order chi connectivity index (χ0) is 20.7. The van der Waals surface area contributed by atoms with Crippen molar-refractivity contribution in [2.24, 2.45) is 16.6 Å². The number of benzene rings is 1. The van der Waals surface area contributed by atoms with Crippen LogP contribution in [0.3, 0.4) is 0 Å². The Bertz CT molecular complexity index is 841. The Labute approximate surface area is 170 Å². The van der Waals surface area contributed by atoms with Crippen LogP contribution in [-0.4, -0.2) is 79.7 Å². The molecule has 1 aliphatic heterocycles. The van der Waals surface area contributed by atoms with Crippen LogP contribution in [0, 0.1) is 0 Å². The van der Waals surface area contributed by atoms with Crippen LogP contribution in [0.2, 0.25) is 0 Å². The lowest BCUT2D eigenvalue weighted by Crippen LogP contribution is -2.44. The van der Waals surface area contributed by atoms with Gasteiger partial charge in [-0.15, -0.1) is 4.43 Å². The summed E-state index contributed by atoms with van der Waals surface area (Å²) >= 11 is 2.46. The molecule has 1 aromatic carbocycles. The summed E-state index contributed by atoms with van der Waals surface area (Å²) in [6.07, 6.45) is 0.278. The number of carbonyl (C=O) groups excluding carboxylic acids is 2. The standard InChI is InChI=1S/C15H21N6O5S.Al/c16-15(17)19-26-9-7-18-13(22)10-21-8-6-12(14(21)23)20-27(24,25)11-4-2-1-3-5-11;/h2-5,12,20H,6-10H2,(H,18,22)(H4,16,17,19);/t12-;/m0./s1. The van der Waals surface area contributed by atoms with E-state index < -0.39 is 27.9 Å². The average molecular weight is 424 g/mol. The Kier molecular flexibility index (Phi) is 7.64. The largest absolute Gasteiger partial charge is 0.391 e. The van der Waals surface area contributed by atoms with Crippen molar-refractivity contribution in [2.75, 3.05) is 26.2 Å². The van der Waals surface area contributed by atoms with Gasteiger partial charge in [0.15, 0.2) is 16.3 Å². The van der Waals surface area contributed by atoms with Crippen molar-refractivity contribution in [1.29, 1.82) is 0 Å². The van der Waals surface area contributed by atoms with Crippen LogP contribution in [0.1, 0.15) is 6.42 Å². The van der Waals surface area contributed by atoms with Gasteiger partial charge in [0.2, 0.25) is 27.8 Å². The SMILES string of the molecule is NC(N)=NOCCNC(=O)CN1CC[C@H](NS(=O)(=O)c2cc[c]([Al])cc2)C1=O. The van der Waals surface area contributed by atoms with Crippen molar-refractivity contribution < 1.29 is 22.8 Å². The summed E-state index contributed by atoms with van der Waals surface area (Å²) in [5.74, 6) is -1.08. The van der Waals surface area contributed by atoms with E-state index in [0.29, 0.717) is 0 Å². The quantitative estimate of drug-likeness (QED) is 0.106. The molecule has 0 aromatic heterocycles. The number of rotatable bonds is 9. The van der Waals surface area contributed by atoms with Crippen LogP contribution in [0.15, 0.2) is 34.3 Å². The molecule has 28 heavy (non-hydrogen) atoms. The van der Waals surface area contributed by atoms with Crippen LogP contribution in [0.25, 0.3) is 0 Å². The van der Waals surface area contributed by atoms with E-state index in [1.54, 1.807) is 12.1 Å². The van der Waals surface area contributed by atoms with Crippen LogP contribution in [0.4, 0.5) is 0 Å². The lowest BCUT2D eigenvalue weighted by atomic mass is 10.3. The highest BCUT2D eigenvalue weighted by Crippen LogP contribution is 2.15. The summed E-state index contributed by atoms with van der Waals surface area (Å²) in [6, 6.07) is 5.30. The van der Waals surface area contributed by atoms with Gasteiger partial charge in [-0.3, -0.25) is 9.59 Å². The predicted molar refractivity (Wildman–Crippen MR) is 102 cm³/mol. The minimum absolute atomic E-state index is 0.0646. The number of guanidine groups is 1. The fourth-order valence-corrected chi connectivity index (χ4v) is 3.91. The Morgan fingerprint density at radius 2 is 2.00 bits per heavy atom. The minimum Gasteiger partial charge on any atom is -0.391 e. The van der Waals surface area contributed by atoms with Crippen LogP contribution in [-0.2, 0) is 24.4 Å². The maximum absolute atomic E-state index is 12.4. The second-order valence-electron chi connectivity index (χ2n) is 5.99. The monoisotopic (exact) mass is 424 g/mol. The number of carbonyl (C=O) groups is 2. The van der Waals surface area contributed by atoms with Crippen molar-refractivity contribution in [3.8, 4) is 0 Å². The van der Waals surface area contributed by atoms with Gasteiger partial charge in [-0.05, 0) is 23.7 Å². The number of nitrogens with two attached hydrogens (primary N) is 2. The molecule has 150 valence electrons. The second kappa shape index (κ2) is 9.74. The number of nitrogens with zero attached hydrogens (tertiary/aromatic N) is 2. The Morgan fingerprint density at radius 1 is 1.32 bits per heavy atom. The van der Waals surface area contributed by atoms with Crippen LogP contribution >= 0.6 is 0 Å². The topological polar surface area (TPSA) is 169 Å². The smallest absolute Gasteiger partial charge is 0.241 e. The molecule has 13 heteroatoms. The molecule has 0 bridgehead atoms. The molecule has 1 aliphatic rings. The van der Waals surface area contributed by atoms with E-state index in [-0.39, 0.29) is 43.5 Å². The fourth-order valence-electron chi connectivity index (χ4n) is 2.49. The van der Waals surface area contributed by atoms with Crippen molar-refractivity contribution in [1.82, 2.24) is 14.9 Å². The number of hydrogen-bond donors (Lipinski definition) is 4. The maximum Gasteiger partial charge on any atom is 0.241 e. The van der Waals surface area contributed by atoms with Gasteiger partial charge in [0.1, 0.15) is 12.6 Å². The first kappa shape index (κ1) is 22.0. The van der Waals surface area contributed by atoms with E-state index in [9.17, 15) is 18.0 Å². The molecule has 2 amide bonds. The first-order chi connectivity index (χ1) is 13.2. The number of amides is 2. The van der Waals surface area contributed by atoms with E-state index in [2.05, 4.69) is 31.5 Å². The van der Waals surface area contributed by atoms with Crippen molar-refractivity contribution >= 4 is 48.5 Å². The Hall–Kier alpha value is -2.33. The Morgan fingerprint density at radius 3 is 2.64 bits per heavy atom. The van der Waals surface area contributed by atoms with Crippen molar-refractivity contribution in [3.05, 3.63) is 24.3 Å². The highest BCUT2D eigenvalue weighted by atomic mass is 32.2. The van der Waals surface area contributed by atoms with E-state index in [1.807, 2.05) is 0 Å². The van der Waals surface area contributed by atoms with Crippen molar-refractivity contribution in [2.45, 2.75) is 17.4 Å². The maximum atomic E-state index is 12.4. The third-order valence-electron chi connectivity index (χ3n) is 3.81. The summed E-state index contributed by atoms with van der Waals surface area (Å²) < 4.78 is 28.1. The lowest BCUT2D eigenvalue weighted by Gasteiger charge is -2.17. The highest BCUT2D eigenvalue weighted by Gasteiger charge is 2.35. The van der Waals surface area contributed by atoms with E-state index in [4.69, 9.17) is 16.3 Å². The molecular formula is C15H21AlN6O5S. The van der Waals surface area contributed by atoms with Gasteiger partial charge in [-0.25, -0.2) is 8.42 Å². The molecule has 1 aromatic rings. The van der Waals surface area contributed by atoms with E-state index >= 15 is 0 Å². The van der Waals surface area contributed by atoms with Crippen LogP contribution in [0.5, 0.6) is 0 Å². The first-order valence-electron chi connectivity index (χ1n) is 8.33. The molecule has 2 radical (unpaired) electrons. The molecule has 1 heterocycles. The van der Waals surface area contributed by atoms with Crippen LogP contribution < -0.4 is 25.9 Å². The number of nitrogens with one attached hydrogen (secondary N) is 2. The average Bonchev–Trinajstić information content (AvgIpc) is 2.94. The Balaban J connectivity index is 1.83. The predicted octanol–water partition coefficient (Wildman–Crippen LogP) is -3.32. The van der Waals surface area contributed by atoms with Gasteiger partial charge in [0.05, 0.1) is 18.0 Å². The minimum atomic E-state index is -3.83. The van der Waals surface area contributed by atoms with Gasteiger partial charge in [-0.1, -0.05) is 12.1 Å². The number of sulfonamides is 1. The van der Waals surface area contributed by atoms with E-state index in [1.165, 1.54) is 17.0 Å². The molecule has 1 fully saturated rings. The third-order valence-corrected chi connectivity index (χ3v) is 5.68. The molecule has 2 rings (SSSR count).